The number of aliphatic hydroxyl groups is 1. The Bertz CT molecular complexity index is 3820. The van der Waals surface area contributed by atoms with Gasteiger partial charge in [0.2, 0.25) is 17.7 Å². The van der Waals surface area contributed by atoms with E-state index < -0.39 is 90.5 Å². The molecule has 0 saturated carbocycles. The van der Waals surface area contributed by atoms with E-state index in [1.54, 1.807) is 70.9 Å². The first kappa shape index (κ1) is 61.4. The smallest absolute Gasteiger partial charge is 0.307 e. The summed E-state index contributed by atoms with van der Waals surface area (Å²) < 4.78 is 5.44. The van der Waals surface area contributed by atoms with Gasteiger partial charge in [-0.05, 0) is 37.0 Å². The fraction of sp³-hybridized carbons (Fsp3) is 0.315. The van der Waals surface area contributed by atoms with Gasteiger partial charge in [-0.15, -0.1) is 68.0 Å². The number of carboxylic acids is 2. The van der Waals surface area contributed by atoms with E-state index in [-0.39, 0.29) is 59.7 Å². The lowest BCUT2D eigenvalue weighted by Gasteiger charge is -2.23. The number of carbonyl (C=O) groups excluding carboxylic acids is 6. The van der Waals surface area contributed by atoms with Crippen molar-refractivity contribution in [1.82, 2.24) is 61.5 Å². The maximum atomic E-state index is 14.3. The van der Waals surface area contributed by atoms with Crippen LogP contribution in [-0.4, -0.2) is 118 Å². The first-order valence-corrected chi connectivity index (χ1v) is 31.1. The Morgan fingerprint density at radius 1 is 0.694 bits per heavy atom. The summed E-state index contributed by atoms with van der Waals surface area (Å²) in [6.45, 7) is 4.88. The van der Waals surface area contributed by atoms with Crippen molar-refractivity contribution < 1.29 is 58.4 Å². The molecule has 25 nitrogen and oxygen atoms in total. The average molecular weight is 1270 g/mol. The Labute approximate surface area is 507 Å². The second kappa shape index (κ2) is 27.2. The van der Waals surface area contributed by atoms with Crippen LogP contribution in [0, 0.1) is 18.8 Å². The van der Waals surface area contributed by atoms with E-state index in [0.717, 1.165) is 56.7 Å². The maximum Gasteiger partial charge on any atom is 0.307 e. The Morgan fingerprint density at radius 3 is 2.13 bits per heavy atom. The molecule has 0 unspecified atom stereocenters. The van der Waals surface area contributed by atoms with Crippen molar-refractivity contribution in [3.8, 4) is 43.4 Å². The molecule has 8 heterocycles. The van der Waals surface area contributed by atoms with Crippen LogP contribution in [0.3, 0.4) is 0 Å². The molecule has 7 aromatic heterocycles. The molecule has 1 aromatic carbocycles. The Kier molecular flexibility index (Phi) is 19.7. The van der Waals surface area contributed by atoms with E-state index in [9.17, 15) is 48.6 Å². The van der Waals surface area contributed by atoms with Gasteiger partial charge in [0.25, 0.3) is 17.7 Å². The molecule has 9 N–H and O–H groups in total. The number of nitrogens with one attached hydrogen (secondary N) is 6. The van der Waals surface area contributed by atoms with Crippen LogP contribution in [0.25, 0.3) is 43.4 Å². The number of aliphatic hydroxyl groups excluding tert-OH is 1. The summed E-state index contributed by atoms with van der Waals surface area (Å²) >= 11 is 6.94. The predicted octanol–water partition coefficient (Wildman–Crippen LogP) is 7.21. The van der Waals surface area contributed by atoms with Crippen LogP contribution in [0.1, 0.15) is 126 Å². The highest BCUT2D eigenvalue weighted by atomic mass is 32.1. The maximum absolute atomic E-state index is 14.3. The van der Waals surface area contributed by atoms with Gasteiger partial charge < -0.3 is 52.0 Å². The van der Waals surface area contributed by atoms with Gasteiger partial charge in [0.1, 0.15) is 82.2 Å². The highest BCUT2D eigenvalue weighted by Gasteiger charge is 2.33. The molecule has 0 aliphatic carbocycles. The number of methoxy groups -OCH3 is 1. The third-order valence-electron chi connectivity index (χ3n) is 13.0. The van der Waals surface area contributed by atoms with Gasteiger partial charge in [-0.25, -0.2) is 34.9 Å². The van der Waals surface area contributed by atoms with E-state index >= 15 is 0 Å². The summed E-state index contributed by atoms with van der Waals surface area (Å²) in [4.78, 5) is 140. The van der Waals surface area contributed by atoms with Crippen molar-refractivity contribution in [2.75, 3.05) is 26.0 Å². The Morgan fingerprint density at radius 2 is 1.40 bits per heavy atom. The van der Waals surface area contributed by atoms with Gasteiger partial charge in [-0.3, -0.25) is 38.4 Å². The van der Waals surface area contributed by atoms with Gasteiger partial charge in [0.15, 0.2) is 0 Å². The van der Waals surface area contributed by atoms with Gasteiger partial charge in [-0.1, -0.05) is 44.2 Å². The monoisotopic (exact) mass is 1270 g/mol. The largest absolute Gasteiger partial charge is 0.481 e. The fourth-order valence-corrected chi connectivity index (χ4v) is 14.2. The molecule has 85 heavy (non-hydrogen) atoms. The number of carboxylic acid groups (broad SMARTS) is 2. The van der Waals surface area contributed by atoms with Gasteiger partial charge in [0.05, 0.1) is 54.6 Å². The molecular weight excluding hydrogens is 1220 g/mol. The number of aryl methyl sites for hydroxylation is 1. The molecule has 31 heteroatoms. The Hall–Kier alpha value is -8.17. The fourth-order valence-electron chi connectivity index (χ4n) is 8.68. The molecular formula is C54H53N13O12S6. The molecule has 1 aliphatic rings. The molecule has 9 rings (SSSR count). The molecule has 6 amide bonds. The van der Waals surface area contributed by atoms with Crippen molar-refractivity contribution in [3.63, 3.8) is 0 Å². The first-order valence-electron chi connectivity index (χ1n) is 25.9. The molecule has 5 atom stereocenters. The Balaban J connectivity index is 1.10. The first-order chi connectivity index (χ1) is 40.8. The number of thiazole rings is 6. The summed E-state index contributed by atoms with van der Waals surface area (Å²) in [5.74, 6) is -7.59. The average Bonchev–Trinajstić information content (AvgIpc) is 3.50. The summed E-state index contributed by atoms with van der Waals surface area (Å²) in [5, 5.41) is 55.8. The number of pyridine rings is 1. The number of nitrogens with zero attached hydrogens (tertiary/aromatic N) is 7. The van der Waals surface area contributed by atoms with Gasteiger partial charge >= 0.3 is 11.9 Å². The summed E-state index contributed by atoms with van der Waals surface area (Å²) in [6, 6.07) is 9.20. The van der Waals surface area contributed by atoms with Crippen LogP contribution in [-0.2, 0) is 35.3 Å². The van der Waals surface area contributed by atoms with Crippen LogP contribution >= 0.6 is 68.0 Å². The molecule has 0 spiro atoms. The van der Waals surface area contributed by atoms with Crippen molar-refractivity contribution in [3.05, 3.63) is 111 Å². The summed E-state index contributed by atoms with van der Waals surface area (Å²) in [7, 11) is 2.91. The zero-order valence-corrected chi connectivity index (χ0v) is 50.6. The minimum atomic E-state index is -1.33. The van der Waals surface area contributed by atoms with Crippen molar-refractivity contribution >= 4 is 121 Å². The molecule has 442 valence electrons. The zero-order valence-electron chi connectivity index (χ0n) is 45.7. The minimum Gasteiger partial charge on any atom is -0.481 e. The second-order valence-corrected chi connectivity index (χ2v) is 25.2. The van der Waals surface area contributed by atoms with Crippen molar-refractivity contribution in [1.29, 1.82) is 0 Å². The van der Waals surface area contributed by atoms with E-state index in [2.05, 4.69) is 46.9 Å². The lowest BCUT2D eigenvalue weighted by atomic mass is 9.99. The predicted molar refractivity (Wildman–Crippen MR) is 318 cm³/mol. The summed E-state index contributed by atoms with van der Waals surface area (Å²) in [5.41, 5.74) is 2.33. The van der Waals surface area contributed by atoms with Crippen molar-refractivity contribution in [2.45, 2.75) is 77.3 Å². The number of anilines is 1. The quantitative estimate of drug-likeness (QED) is 0.0489. The number of ether oxygens (including phenoxy) is 1. The number of amides is 6. The SMILES string of the molecule is CNC(=O)C[C@@H]1NC(=O)c2csc(n2)-c2ccc(-c3nc(NC(=O)CC[C@@H](CC(=O)O)C(=O)O)cs3)nc2-c2csc(n2)-c2csc(n2)[C@H]([C@@H](O)c2ccccc2)NC(=O)CNC(=O)c2nc(sc2COC)[C@H](C(C)C)NC(=O)c2nc1sc2C. The number of fused-ring (bicyclic) bond motifs is 14. The number of aromatic nitrogens is 7. The molecule has 0 saturated heterocycles. The highest BCUT2D eigenvalue weighted by molar-refractivity contribution is 7.15. The van der Waals surface area contributed by atoms with Crippen LogP contribution in [0.2, 0.25) is 0 Å². The highest BCUT2D eigenvalue weighted by Crippen LogP contribution is 2.40. The van der Waals surface area contributed by atoms with Gasteiger partial charge in [0, 0.05) is 52.5 Å². The lowest BCUT2D eigenvalue weighted by molar-refractivity contribution is -0.148. The number of aliphatic carboxylic acids is 2. The van der Waals surface area contributed by atoms with Crippen LogP contribution in [0.5, 0.6) is 0 Å². The molecule has 8 aromatic rings. The summed E-state index contributed by atoms with van der Waals surface area (Å²) in [6.07, 6.45) is -2.68. The normalized spacial score (nSPS) is 16.5. The van der Waals surface area contributed by atoms with E-state index in [0.29, 0.717) is 68.7 Å². The third-order valence-corrected chi connectivity index (χ3v) is 18.7. The molecule has 1 aliphatic heterocycles. The molecule has 10 bridgehead atoms. The van der Waals surface area contributed by atoms with E-state index in [1.807, 2.05) is 13.8 Å². The second-order valence-electron chi connectivity index (χ2n) is 19.4. The zero-order chi connectivity index (χ0) is 60.6. The topological polar surface area (TPSA) is 369 Å². The number of benzene rings is 1. The number of carbonyl (C=O) groups is 8. The minimum absolute atomic E-state index is 0.0116. The standard InChI is InChI=1S/C54H53N13O12S6/c1-23(2)39-53-67-42(33(85-53)18-79-5)46(75)56-17-37(70)64-43(44(73)25-9-7-6-8-10-25)52-61-32(21-82-52)50-59-30(19-81-50)41-27(12-13-28(57-41)49-63-34(22-83-49)62-35(68)14-11-26(54(77)78)15-38(71)72)48-60-31(20-80-48)45(74)58-29(16-36(69)55-4)51-66-40(24(3)84-51)47(76)65-39/h6-10,12-13,19-23,26,29,39,43-44,73H,11,14-18H2,1-5H3,(H,55,69)(H,56,75)(H,58,74)(H,62,68)(H,64,70)(H,65,76)(H,71,72)(H,77,78)/t26-,29-,39-,43-,44-/m0/s1. The molecule has 0 fully saturated rings. The van der Waals surface area contributed by atoms with E-state index in [1.165, 1.54) is 25.5 Å². The van der Waals surface area contributed by atoms with Crippen LogP contribution in [0.15, 0.2) is 64.0 Å². The number of rotatable bonds is 15. The lowest BCUT2D eigenvalue weighted by Crippen LogP contribution is -2.40. The van der Waals surface area contributed by atoms with Crippen molar-refractivity contribution in [2.24, 2.45) is 11.8 Å². The number of hydrogen-bond acceptors (Lipinski definition) is 23. The number of hydrogen-bond donors (Lipinski definition) is 9. The van der Waals surface area contributed by atoms with Crippen LogP contribution < -0.4 is 31.9 Å². The van der Waals surface area contributed by atoms with E-state index in [4.69, 9.17) is 29.8 Å². The van der Waals surface area contributed by atoms with Crippen LogP contribution in [0.4, 0.5) is 5.82 Å². The van der Waals surface area contributed by atoms with Gasteiger partial charge in [-0.2, -0.15) is 0 Å². The third kappa shape index (κ3) is 14.7. The molecule has 0 radical (unpaired) electrons.